The Morgan fingerprint density at radius 1 is 1.28 bits per heavy atom. The number of nitrogens with one attached hydrogen (secondary N) is 1. The molecule has 1 amide bonds. The summed E-state index contributed by atoms with van der Waals surface area (Å²) in [6, 6.07) is 7.53. The van der Waals surface area contributed by atoms with Crippen molar-refractivity contribution in [2.24, 2.45) is 11.1 Å². The highest BCUT2D eigenvalue weighted by atomic mass is 16.2. The van der Waals surface area contributed by atoms with Gasteiger partial charge in [0.1, 0.15) is 0 Å². The van der Waals surface area contributed by atoms with Gasteiger partial charge in [-0.05, 0) is 30.4 Å². The molecule has 0 fully saturated rings. The fraction of sp³-hybridized carbons (Fsp3) is 0.533. The predicted molar refractivity (Wildman–Crippen MR) is 75.2 cm³/mol. The van der Waals surface area contributed by atoms with Gasteiger partial charge in [0.15, 0.2) is 0 Å². The Morgan fingerprint density at radius 2 is 1.83 bits per heavy atom. The van der Waals surface area contributed by atoms with Crippen LogP contribution in [0, 0.1) is 12.3 Å². The normalized spacial score (nSPS) is 15.0. The summed E-state index contributed by atoms with van der Waals surface area (Å²) in [5, 5.41) is 2.98. The second-order valence-corrected chi connectivity index (χ2v) is 5.93. The Bertz CT molecular complexity index is 421. The van der Waals surface area contributed by atoms with Crippen LogP contribution in [0.4, 0.5) is 0 Å². The van der Waals surface area contributed by atoms with Crippen molar-refractivity contribution in [2.45, 2.75) is 46.7 Å². The van der Waals surface area contributed by atoms with Gasteiger partial charge in [-0.3, -0.25) is 4.79 Å². The first-order valence-electron chi connectivity index (χ1n) is 6.35. The van der Waals surface area contributed by atoms with E-state index in [2.05, 4.69) is 5.32 Å². The molecule has 1 aromatic carbocycles. The number of hydrogen-bond donors (Lipinski definition) is 2. The van der Waals surface area contributed by atoms with Crippen LogP contribution in [0.1, 0.15) is 44.9 Å². The second kappa shape index (κ2) is 5.53. The average Bonchev–Trinajstić information content (AvgIpc) is 2.27. The van der Waals surface area contributed by atoms with E-state index < -0.39 is 6.04 Å². The molecule has 0 bridgehead atoms. The molecule has 0 unspecified atom stereocenters. The molecule has 3 nitrogen and oxygen atoms in total. The highest BCUT2D eigenvalue weighted by molar-refractivity contribution is 5.82. The number of amides is 1. The van der Waals surface area contributed by atoms with E-state index in [-0.39, 0.29) is 17.4 Å². The Kier molecular flexibility index (Phi) is 4.52. The molecule has 0 aliphatic carbocycles. The lowest BCUT2D eigenvalue weighted by molar-refractivity contribution is -0.125. The van der Waals surface area contributed by atoms with Crippen molar-refractivity contribution in [3.8, 4) is 0 Å². The smallest absolute Gasteiger partial charge is 0.237 e. The molecule has 3 heteroatoms. The van der Waals surface area contributed by atoms with Gasteiger partial charge in [-0.1, -0.05) is 45.0 Å². The summed E-state index contributed by atoms with van der Waals surface area (Å²) in [5.74, 6) is -0.0988. The fourth-order valence-corrected chi connectivity index (χ4v) is 1.85. The first-order chi connectivity index (χ1) is 8.23. The summed E-state index contributed by atoms with van der Waals surface area (Å²) >= 11 is 0. The SMILES string of the molecule is Cc1ccccc1[C@H](C)NC(=O)[C@H](N)C(C)(C)C. The molecule has 0 heterocycles. The minimum absolute atomic E-state index is 0.0212. The zero-order chi connectivity index (χ0) is 13.9. The van der Waals surface area contributed by atoms with E-state index >= 15 is 0 Å². The van der Waals surface area contributed by atoms with Gasteiger partial charge in [-0.15, -0.1) is 0 Å². The van der Waals surface area contributed by atoms with Crippen LogP contribution in [-0.2, 0) is 4.79 Å². The summed E-state index contributed by atoms with van der Waals surface area (Å²) in [5.41, 5.74) is 8.03. The molecule has 0 spiro atoms. The van der Waals surface area contributed by atoms with Gasteiger partial charge >= 0.3 is 0 Å². The molecule has 0 saturated carbocycles. The number of carbonyl (C=O) groups is 1. The lowest BCUT2D eigenvalue weighted by Gasteiger charge is -2.27. The van der Waals surface area contributed by atoms with E-state index in [4.69, 9.17) is 5.73 Å². The minimum Gasteiger partial charge on any atom is -0.348 e. The summed E-state index contributed by atoms with van der Waals surface area (Å²) in [6.45, 7) is 9.93. The number of carbonyl (C=O) groups excluding carboxylic acids is 1. The van der Waals surface area contributed by atoms with Crippen molar-refractivity contribution < 1.29 is 4.79 Å². The maximum atomic E-state index is 12.0. The Hall–Kier alpha value is -1.35. The lowest BCUT2D eigenvalue weighted by Crippen LogP contribution is -2.49. The van der Waals surface area contributed by atoms with Gasteiger partial charge in [-0.25, -0.2) is 0 Å². The molecule has 2 atom stereocenters. The van der Waals surface area contributed by atoms with E-state index in [0.29, 0.717) is 0 Å². The van der Waals surface area contributed by atoms with E-state index in [1.807, 2.05) is 58.9 Å². The van der Waals surface area contributed by atoms with E-state index in [1.165, 1.54) is 5.56 Å². The highest BCUT2D eigenvalue weighted by Crippen LogP contribution is 2.20. The molecule has 3 N–H and O–H groups in total. The molecule has 0 aromatic heterocycles. The summed E-state index contributed by atoms with van der Waals surface area (Å²) < 4.78 is 0. The van der Waals surface area contributed by atoms with Crippen molar-refractivity contribution in [1.29, 1.82) is 0 Å². The monoisotopic (exact) mass is 248 g/mol. The maximum absolute atomic E-state index is 12.0. The number of aryl methyl sites for hydroxylation is 1. The van der Waals surface area contributed by atoms with Gasteiger partial charge in [-0.2, -0.15) is 0 Å². The van der Waals surface area contributed by atoms with Crippen molar-refractivity contribution in [3.05, 3.63) is 35.4 Å². The number of nitrogens with two attached hydrogens (primary N) is 1. The largest absolute Gasteiger partial charge is 0.348 e. The molecule has 0 aliphatic rings. The lowest BCUT2D eigenvalue weighted by atomic mass is 9.86. The summed E-state index contributed by atoms with van der Waals surface area (Å²) in [4.78, 5) is 12.0. The van der Waals surface area contributed by atoms with Gasteiger partial charge < -0.3 is 11.1 Å². The molecule has 18 heavy (non-hydrogen) atoms. The van der Waals surface area contributed by atoms with Crippen LogP contribution in [0.5, 0.6) is 0 Å². The van der Waals surface area contributed by atoms with Crippen LogP contribution in [0.2, 0.25) is 0 Å². The zero-order valence-corrected chi connectivity index (χ0v) is 11.9. The van der Waals surface area contributed by atoms with Gasteiger partial charge in [0.2, 0.25) is 5.91 Å². The Morgan fingerprint density at radius 3 is 2.33 bits per heavy atom. The van der Waals surface area contributed by atoms with Crippen molar-refractivity contribution in [1.82, 2.24) is 5.32 Å². The van der Waals surface area contributed by atoms with Gasteiger partial charge in [0, 0.05) is 0 Å². The minimum atomic E-state index is -0.496. The standard InChI is InChI=1S/C15H24N2O/c1-10-8-6-7-9-12(10)11(2)17-14(18)13(16)15(3,4)5/h6-9,11,13H,16H2,1-5H3,(H,17,18)/t11-,13-/m0/s1. The van der Waals surface area contributed by atoms with Crippen LogP contribution < -0.4 is 11.1 Å². The van der Waals surface area contributed by atoms with E-state index in [9.17, 15) is 4.79 Å². The maximum Gasteiger partial charge on any atom is 0.237 e. The number of benzene rings is 1. The molecule has 100 valence electrons. The van der Waals surface area contributed by atoms with Gasteiger partial charge in [0.25, 0.3) is 0 Å². The predicted octanol–water partition coefficient (Wildman–Crippen LogP) is 2.55. The van der Waals surface area contributed by atoms with Crippen molar-refractivity contribution >= 4 is 5.91 Å². The third-order valence-corrected chi connectivity index (χ3v) is 3.23. The summed E-state index contributed by atoms with van der Waals surface area (Å²) in [7, 11) is 0. The van der Waals surface area contributed by atoms with E-state index in [0.717, 1.165) is 5.56 Å². The summed E-state index contributed by atoms with van der Waals surface area (Å²) in [6.07, 6.45) is 0. The third kappa shape index (κ3) is 3.57. The first-order valence-corrected chi connectivity index (χ1v) is 6.35. The van der Waals surface area contributed by atoms with Crippen LogP contribution in [0.15, 0.2) is 24.3 Å². The first kappa shape index (κ1) is 14.7. The van der Waals surface area contributed by atoms with Crippen molar-refractivity contribution in [2.75, 3.05) is 0 Å². The Labute approximate surface area is 110 Å². The fourth-order valence-electron chi connectivity index (χ4n) is 1.85. The van der Waals surface area contributed by atoms with Crippen LogP contribution in [-0.4, -0.2) is 11.9 Å². The Balaban J connectivity index is 2.75. The molecular formula is C15H24N2O. The van der Waals surface area contributed by atoms with E-state index in [1.54, 1.807) is 0 Å². The van der Waals surface area contributed by atoms with Crippen LogP contribution >= 0.6 is 0 Å². The average molecular weight is 248 g/mol. The van der Waals surface area contributed by atoms with Gasteiger partial charge in [0.05, 0.1) is 12.1 Å². The van der Waals surface area contributed by atoms with Crippen LogP contribution in [0.3, 0.4) is 0 Å². The highest BCUT2D eigenvalue weighted by Gasteiger charge is 2.28. The molecule has 1 aromatic rings. The quantitative estimate of drug-likeness (QED) is 0.863. The second-order valence-electron chi connectivity index (χ2n) is 5.93. The third-order valence-electron chi connectivity index (χ3n) is 3.23. The molecule has 0 radical (unpaired) electrons. The van der Waals surface area contributed by atoms with Crippen LogP contribution in [0.25, 0.3) is 0 Å². The molecule has 0 aliphatic heterocycles. The topological polar surface area (TPSA) is 55.1 Å². The molecular weight excluding hydrogens is 224 g/mol. The molecule has 0 saturated heterocycles. The number of rotatable bonds is 3. The van der Waals surface area contributed by atoms with Crippen molar-refractivity contribution in [3.63, 3.8) is 0 Å². The zero-order valence-electron chi connectivity index (χ0n) is 11.9. The number of hydrogen-bond acceptors (Lipinski definition) is 2. The molecule has 1 rings (SSSR count).